The Labute approximate surface area is 83.4 Å². The van der Waals surface area contributed by atoms with E-state index in [1.807, 2.05) is 6.07 Å². The van der Waals surface area contributed by atoms with Crippen LogP contribution in [0.25, 0.3) is 0 Å². The first-order chi connectivity index (χ1) is 6.16. The van der Waals surface area contributed by atoms with Gasteiger partial charge < -0.3 is 0 Å². The maximum absolute atomic E-state index is 5.91. The molecule has 1 aliphatic rings. The topological polar surface area (TPSA) is 25.8 Å². The summed E-state index contributed by atoms with van der Waals surface area (Å²) in [5.74, 6) is 1.95. The molecule has 1 aromatic heterocycles. The van der Waals surface area contributed by atoms with Crippen molar-refractivity contribution in [3.63, 3.8) is 0 Å². The van der Waals surface area contributed by atoms with Crippen molar-refractivity contribution in [3.8, 4) is 0 Å². The Morgan fingerprint density at radius 3 is 2.62 bits per heavy atom. The first-order valence-corrected chi connectivity index (χ1v) is 5.09. The summed E-state index contributed by atoms with van der Waals surface area (Å²) in [4.78, 5) is 8.73. The van der Waals surface area contributed by atoms with Crippen LogP contribution < -0.4 is 0 Å². The standard InChI is InChI=1S/C10H13ClN2/c1-6(2)8-5-9(11)13-10(12-8)7-3-4-7/h5-7H,3-4H2,1-2H3. The maximum atomic E-state index is 5.91. The molecule has 0 saturated heterocycles. The van der Waals surface area contributed by atoms with Crippen LogP contribution in [0.15, 0.2) is 6.07 Å². The quantitative estimate of drug-likeness (QED) is 0.680. The summed E-state index contributed by atoms with van der Waals surface area (Å²) in [6.45, 7) is 4.24. The summed E-state index contributed by atoms with van der Waals surface area (Å²) in [6, 6.07) is 1.86. The lowest BCUT2D eigenvalue weighted by molar-refractivity contribution is 0.783. The molecule has 0 bridgehead atoms. The predicted molar refractivity (Wildman–Crippen MR) is 53.1 cm³/mol. The van der Waals surface area contributed by atoms with Crippen LogP contribution in [0.2, 0.25) is 5.15 Å². The summed E-state index contributed by atoms with van der Waals surface area (Å²) in [7, 11) is 0. The molecule has 0 atom stereocenters. The van der Waals surface area contributed by atoms with Crippen molar-refractivity contribution < 1.29 is 0 Å². The largest absolute Gasteiger partial charge is 0.237 e. The predicted octanol–water partition coefficient (Wildman–Crippen LogP) is 3.13. The number of hydrogen-bond donors (Lipinski definition) is 0. The van der Waals surface area contributed by atoms with Gasteiger partial charge in [0.25, 0.3) is 0 Å². The van der Waals surface area contributed by atoms with Crippen LogP contribution in [0, 0.1) is 0 Å². The van der Waals surface area contributed by atoms with E-state index in [9.17, 15) is 0 Å². The zero-order chi connectivity index (χ0) is 9.42. The van der Waals surface area contributed by atoms with Crippen LogP contribution in [0.4, 0.5) is 0 Å². The fourth-order valence-corrected chi connectivity index (χ4v) is 1.47. The fraction of sp³-hybridized carbons (Fsp3) is 0.600. The molecule has 1 aliphatic carbocycles. The molecule has 0 spiro atoms. The summed E-state index contributed by atoms with van der Waals surface area (Å²) in [5.41, 5.74) is 1.06. The molecule has 13 heavy (non-hydrogen) atoms. The monoisotopic (exact) mass is 196 g/mol. The van der Waals surface area contributed by atoms with Crippen LogP contribution in [-0.4, -0.2) is 9.97 Å². The van der Waals surface area contributed by atoms with Gasteiger partial charge >= 0.3 is 0 Å². The third-order valence-electron chi connectivity index (χ3n) is 2.27. The van der Waals surface area contributed by atoms with Gasteiger partial charge in [0.05, 0.1) is 0 Å². The third kappa shape index (κ3) is 1.99. The average Bonchev–Trinajstić information content (AvgIpc) is 2.85. The Bertz CT molecular complexity index is 298. The minimum absolute atomic E-state index is 0.429. The van der Waals surface area contributed by atoms with E-state index in [0.717, 1.165) is 11.5 Å². The SMILES string of the molecule is CC(C)c1cc(Cl)nc(C2CC2)n1. The van der Waals surface area contributed by atoms with Gasteiger partial charge in [0.1, 0.15) is 11.0 Å². The van der Waals surface area contributed by atoms with Crippen LogP contribution in [0.5, 0.6) is 0 Å². The average molecular weight is 197 g/mol. The highest BCUT2D eigenvalue weighted by Crippen LogP contribution is 2.38. The van der Waals surface area contributed by atoms with E-state index in [0.29, 0.717) is 17.0 Å². The van der Waals surface area contributed by atoms with E-state index in [-0.39, 0.29) is 0 Å². The van der Waals surface area contributed by atoms with Crippen molar-refractivity contribution >= 4 is 11.6 Å². The van der Waals surface area contributed by atoms with E-state index in [1.165, 1.54) is 12.8 Å². The molecule has 0 aliphatic heterocycles. The maximum Gasteiger partial charge on any atom is 0.133 e. The Hall–Kier alpha value is -0.630. The van der Waals surface area contributed by atoms with Crippen molar-refractivity contribution in [1.82, 2.24) is 9.97 Å². The molecular formula is C10H13ClN2. The van der Waals surface area contributed by atoms with Gasteiger partial charge in [0.15, 0.2) is 0 Å². The lowest BCUT2D eigenvalue weighted by Crippen LogP contribution is -1.99. The lowest BCUT2D eigenvalue weighted by atomic mass is 10.1. The first-order valence-electron chi connectivity index (χ1n) is 4.71. The minimum atomic E-state index is 0.429. The minimum Gasteiger partial charge on any atom is -0.237 e. The van der Waals surface area contributed by atoms with Crippen molar-refractivity contribution in [1.29, 1.82) is 0 Å². The molecule has 1 heterocycles. The fourth-order valence-electron chi connectivity index (χ4n) is 1.27. The Balaban J connectivity index is 2.36. The third-order valence-corrected chi connectivity index (χ3v) is 2.46. The molecule has 0 aromatic carbocycles. The molecule has 1 saturated carbocycles. The van der Waals surface area contributed by atoms with Gasteiger partial charge in [-0.1, -0.05) is 25.4 Å². The van der Waals surface area contributed by atoms with E-state index in [1.54, 1.807) is 0 Å². The Morgan fingerprint density at radius 2 is 2.08 bits per heavy atom. The number of hydrogen-bond acceptors (Lipinski definition) is 2. The highest BCUT2D eigenvalue weighted by Gasteiger charge is 2.27. The van der Waals surface area contributed by atoms with Crippen LogP contribution in [0.1, 0.15) is 50.0 Å². The van der Waals surface area contributed by atoms with Crippen LogP contribution in [0.3, 0.4) is 0 Å². The zero-order valence-electron chi connectivity index (χ0n) is 7.92. The van der Waals surface area contributed by atoms with Gasteiger partial charge in [-0.15, -0.1) is 0 Å². The molecule has 2 rings (SSSR count). The van der Waals surface area contributed by atoms with Crippen molar-refractivity contribution in [2.75, 3.05) is 0 Å². The van der Waals surface area contributed by atoms with Gasteiger partial charge in [-0.3, -0.25) is 0 Å². The number of halogens is 1. The van der Waals surface area contributed by atoms with Gasteiger partial charge in [-0.05, 0) is 24.8 Å². The first kappa shape index (κ1) is 8.95. The zero-order valence-corrected chi connectivity index (χ0v) is 8.67. The molecule has 3 heteroatoms. The highest BCUT2D eigenvalue weighted by atomic mass is 35.5. The molecule has 1 aromatic rings. The molecule has 2 nitrogen and oxygen atoms in total. The van der Waals surface area contributed by atoms with E-state index in [4.69, 9.17) is 11.6 Å². The van der Waals surface area contributed by atoms with Gasteiger partial charge in [0.2, 0.25) is 0 Å². The van der Waals surface area contributed by atoms with Gasteiger partial charge in [-0.2, -0.15) is 0 Å². The normalized spacial score (nSPS) is 16.6. The summed E-state index contributed by atoms with van der Waals surface area (Å²) in [6.07, 6.45) is 2.44. The van der Waals surface area contributed by atoms with Crippen molar-refractivity contribution in [3.05, 3.63) is 22.7 Å². The second-order valence-corrected chi connectivity index (χ2v) is 4.29. The van der Waals surface area contributed by atoms with Crippen LogP contribution in [-0.2, 0) is 0 Å². The molecular weight excluding hydrogens is 184 g/mol. The van der Waals surface area contributed by atoms with Crippen LogP contribution >= 0.6 is 11.6 Å². The van der Waals surface area contributed by atoms with Crippen molar-refractivity contribution in [2.24, 2.45) is 0 Å². The Morgan fingerprint density at radius 1 is 1.38 bits per heavy atom. The number of rotatable bonds is 2. The highest BCUT2D eigenvalue weighted by molar-refractivity contribution is 6.29. The molecule has 0 unspecified atom stereocenters. The second-order valence-electron chi connectivity index (χ2n) is 3.90. The van der Waals surface area contributed by atoms with Crippen molar-refractivity contribution in [2.45, 2.75) is 38.5 Å². The molecule has 1 fully saturated rings. The Kier molecular flexibility index (Phi) is 2.24. The van der Waals surface area contributed by atoms with E-state index in [2.05, 4.69) is 23.8 Å². The van der Waals surface area contributed by atoms with E-state index < -0.39 is 0 Å². The second kappa shape index (κ2) is 3.26. The molecule has 70 valence electrons. The van der Waals surface area contributed by atoms with Gasteiger partial charge in [0, 0.05) is 11.6 Å². The molecule has 0 N–H and O–H groups in total. The number of nitrogens with zero attached hydrogens (tertiary/aromatic N) is 2. The smallest absolute Gasteiger partial charge is 0.133 e. The summed E-state index contributed by atoms with van der Waals surface area (Å²) in [5, 5.41) is 0.584. The lowest BCUT2D eigenvalue weighted by Gasteiger charge is -2.06. The molecule has 0 radical (unpaired) electrons. The van der Waals surface area contributed by atoms with E-state index >= 15 is 0 Å². The van der Waals surface area contributed by atoms with Gasteiger partial charge in [-0.25, -0.2) is 9.97 Å². The summed E-state index contributed by atoms with van der Waals surface area (Å²) < 4.78 is 0. The molecule has 0 amide bonds. The number of aromatic nitrogens is 2. The summed E-state index contributed by atoms with van der Waals surface area (Å²) >= 11 is 5.91.